The molecule has 0 radical (unpaired) electrons. The molecule has 11 saturated carbocycles. The lowest BCUT2D eigenvalue weighted by Crippen LogP contribution is -2.54. The number of hydrogen-bond acceptors (Lipinski definition) is 0. The van der Waals surface area contributed by atoms with Gasteiger partial charge in [0.15, 0.2) is 0 Å². The summed E-state index contributed by atoms with van der Waals surface area (Å²) in [5, 5.41) is 0. The van der Waals surface area contributed by atoms with Crippen molar-refractivity contribution in [1.29, 1.82) is 0 Å². The zero-order chi connectivity index (χ0) is 45.6. The van der Waals surface area contributed by atoms with E-state index in [1.807, 2.05) is 0 Å². The number of hydrogen-bond donors (Lipinski definition) is 0. The molecule has 11 fully saturated rings. The van der Waals surface area contributed by atoms with Crippen LogP contribution in [0.25, 0.3) is 11.1 Å². The van der Waals surface area contributed by atoms with Crippen molar-refractivity contribution < 1.29 is 0 Å². The first-order valence-corrected chi connectivity index (χ1v) is 30.0. The van der Waals surface area contributed by atoms with Gasteiger partial charge >= 0.3 is 0 Å². The highest BCUT2D eigenvalue weighted by Crippen LogP contribution is 2.78. The van der Waals surface area contributed by atoms with Crippen LogP contribution in [0.2, 0.25) is 0 Å². The van der Waals surface area contributed by atoms with E-state index in [0.29, 0.717) is 5.92 Å². The van der Waals surface area contributed by atoms with Gasteiger partial charge in [0.25, 0.3) is 0 Å². The van der Waals surface area contributed by atoms with Crippen molar-refractivity contribution in [1.82, 2.24) is 0 Å². The zero-order valence-corrected chi connectivity index (χ0v) is 42.0. The molecule has 0 N–H and O–H groups in total. The zero-order valence-electron chi connectivity index (χ0n) is 42.0. The Kier molecular flexibility index (Phi) is 10.2. The summed E-state index contributed by atoms with van der Waals surface area (Å²) in [4.78, 5) is 0. The third kappa shape index (κ3) is 6.37. The highest BCUT2D eigenvalue weighted by Gasteiger charge is 2.71. The van der Waals surface area contributed by atoms with E-state index < -0.39 is 0 Å². The molecule has 0 heteroatoms. The second kappa shape index (κ2) is 16.8. The first kappa shape index (κ1) is 42.6. The monoisotopic (exact) mass is 921 g/mol. The van der Waals surface area contributed by atoms with Crippen LogP contribution in [0, 0.1) is 118 Å². The molecule has 0 aromatic heterocycles. The Morgan fingerprint density at radius 3 is 1.53 bits per heavy atom. The molecule has 24 atom stereocenters. The quantitative estimate of drug-likeness (QED) is 0.165. The van der Waals surface area contributed by atoms with Crippen molar-refractivity contribution in [2.45, 2.75) is 126 Å². The molecule has 70 heavy (non-hydrogen) atoms. The Hall–Kier alpha value is -3.90. The van der Waals surface area contributed by atoms with Crippen LogP contribution in [0.3, 0.4) is 0 Å². The predicted molar refractivity (Wildman–Crippen MR) is 286 cm³/mol. The summed E-state index contributed by atoms with van der Waals surface area (Å²) in [6, 6.07) is 58.2. The fourth-order valence-electron chi connectivity index (χ4n) is 24.0. The molecule has 0 amide bonds. The lowest BCUT2D eigenvalue weighted by atomic mass is 9.44. The fraction of sp³-hybridized carbons (Fsp3) is 0.571. The number of fused-ring (bicyclic) bond motifs is 9. The summed E-state index contributed by atoms with van der Waals surface area (Å²) in [6.07, 6.45) is 24.2. The third-order valence-corrected chi connectivity index (χ3v) is 25.4. The van der Waals surface area contributed by atoms with E-state index in [4.69, 9.17) is 0 Å². The SMILES string of the molecule is c1ccc(-c2ccccc2C2CC3CCC4CCC5C6C(CC(C2)C3C46)C2C(c3ccccc3)C3CC4C(CC3C(c3ccccc3)C52)C2CC3CC(c5ccccc5)CCC3C3CCCC4C32)cc1. The molecule has 0 bridgehead atoms. The Bertz CT molecular complexity index is 2650. The molecular formula is C70H80. The van der Waals surface area contributed by atoms with Crippen LogP contribution in [0.1, 0.15) is 149 Å². The first-order valence-electron chi connectivity index (χ1n) is 30.0. The van der Waals surface area contributed by atoms with E-state index in [0.717, 1.165) is 136 Å². The summed E-state index contributed by atoms with van der Waals surface area (Å²) in [7, 11) is 0. The van der Waals surface area contributed by atoms with Gasteiger partial charge in [0.2, 0.25) is 0 Å². The summed E-state index contributed by atoms with van der Waals surface area (Å²) < 4.78 is 0. The average molecular weight is 921 g/mol. The molecule has 0 heterocycles. The molecule has 5 aromatic rings. The van der Waals surface area contributed by atoms with E-state index >= 15 is 0 Å². The minimum absolute atomic E-state index is 0.693. The van der Waals surface area contributed by atoms with Gasteiger partial charge in [-0.1, -0.05) is 152 Å². The van der Waals surface area contributed by atoms with Gasteiger partial charge in [-0.3, -0.25) is 0 Å². The maximum atomic E-state index is 2.68. The average Bonchev–Trinajstić information content (AvgIpc) is 3.92. The Labute approximate surface area is 421 Å². The van der Waals surface area contributed by atoms with Gasteiger partial charge in [-0.25, -0.2) is 0 Å². The third-order valence-electron chi connectivity index (χ3n) is 25.4. The first-order chi connectivity index (χ1) is 34.7. The van der Waals surface area contributed by atoms with Crippen molar-refractivity contribution >= 4 is 0 Å². The van der Waals surface area contributed by atoms with Crippen LogP contribution >= 0.6 is 0 Å². The Balaban J connectivity index is 0.792. The smallest absolute Gasteiger partial charge is 0.00966 e. The molecule has 0 nitrogen and oxygen atoms in total. The van der Waals surface area contributed by atoms with Crippen molar-refractivity contribution in [3.05, 3.63) is 168 Å². The standard InChI is InChI=1S/C70H80/c1-5-16-41(17-6-1)46-31-32-53-49(34-46)37-59-58-40-61-60(39-57(58)55-27-15-26-54(53)67(55)59)65(44-22-11-4-12-23-44)70-62-38-50-36-48(52-25-14-13-24-51(52)42-18-7-2-8-19-42)35-47-29-28-45-30-33-56(68(62)66(45)63(47)50)69(70)64(61)43-20-9-3-10-21-43/h1-14,16-25,45-50,53-70H,15,26-40H2. The molecule has 11 aliphatic rings. The highest BCUT2D eigenvalue weighted by atomic mass is 14.8. The van der Waals surface area contributed by atoms with Crippen LogP contribution < -0.4 is 0 Å². The lowest BCUT2D eigenvalue weighted by molar-refractivity contribution is -0.114. The Morgan fingerprint density at radius 2 is 0.800 bits per heavy atom. The predicted octanol–water partition coefficient (Wildman–Crippen LogP) is 17.5. The summed E-state index contributed by atoms with van der Waals surface area (Å²) in [5.41, 5.74) is 9.79. The topological polar surface area (TPSA) is 0 Å². The lowest BCUT2D eigenvalue weighted by Gasteiger charge is -2.61. The second-order valence-corrected chi connectivity index (χ2v) is 27.1. The minimum atomic E-state index is 0.693. The molecule has 5 aromatic carbocycles. The van der Waals surface area contributed by atoms with E-state index in [2.05, 4.69) is 146 Å². The summed E-state index contributed by atoms with van der Waals surface area (Å²) >= 11 is 0. The van der Waals surface area contributed by atoms with Gasteiger partial charge in [0.05, 0.1) is 0 Å². The van der Waals surface area contributed by atoms with Gasteiger partial charge in [-0.2, -0.15) is 0 Å². The summed E-state index contributed by atoms with van der Waals surface area (Å²) in [5.74, 6) is 21.8. The van der Waals surface area contributed by atoms with E-state index in [9.17, 15) is 0 Å². The maximum absolute atomic E-state index is 2.68. The molecule has 360 valence electrons. The van der Waals surface area contributed by atoms with E-state index in [1.165, 1.54) is 81.8 Å². The molecule has 0 spiro atoms. The van der Waals surface area contributed by atoms with Crippen molar-refractivity contribution in [2.75, 3.05) is 0 Å². The molecular weight excluding hydrogens is 841 g/mol. The van der Waals surface area contributed by atoms with Crippen LogP contribution in [-0.4, -0.2) is 0 Å². The Morgan fingerprint density at radius 1 is 0.257 bits per heavy atom. The second-order valence-electron chi connectivity index (χ2n) is 27.1. The molecule has 24 unspecified atom stereocenters. The van der Waals surface area contributed by atoms with E-state index in [1.54, 1.807) is 54.4 Å². The van der Waals surface area contributed by atoms with Crippen molar-refractivity contribution in [3.8, 4) is 11.1 Å². The maximum Gasteiger partial charge on any atom is -0.00966 e. The van der Waals surface area contributed by atoms with Crippen molar-refractivity contribution in [2.24, 2.45) is 118 Å². The molecule has 16 rings (SSSR count). The normalized spacial score (nSPS) is 46.8. The molecule has 0 saturated heterocycles. The number of rotatable bonds is 5. The van der Waals surface area contributed by atoms with Crippen LogP contribution in [0.5, 0.6) is 0 Å². The number of benzene rings is 5. The van der Waals surface area contributed by atoms with Crippen LogP contribution in [0.4, 0.5) is 0 Å². The van der Waals surface area contributed by atoms with Gasteiger partial charge in [0, 0.05) is 0 Å². The van der Waals surface area contributed by atoms with Crippen LogP contribution in [-0.2, 0) is 0 Å². The highest BCUT2D eigenvalue weighted by molar-refractivity contribution is 5.68. The van der Waals surface area contributed by atoms with Gasteiger partial charge in [0.1, 0.15) is 0 Å². The van der Waals surface area contributed by atoms with E-state index in [-0.39, 0.29) is 0 Å². The molecule has 0 aliphatic heterocycles. The summed E-state index contributed by atoms with van der Waals surface area (Å²) in [6.45, 7) is 0. The van der Waals surface area contributed by atoms with Gasteiger partial charge < -0.3 is 0 Å². The van der Waals surface area contributed by atoms with Gasteiger partial charge in [-0.15, -0.1) is 0 Å². The largest absolute Gasteiger partial charge is 0.0622 e. The fourth-order valence-corrected chi connectivity index (χ4v) is 24.0. The van der Waals surface area contributed by atoms with Gasteiger partial charge in [-0.05, 0) is 272 Å². The van der Waals surface area contributed by atoms with Crippen molar-refractivity contribution in [3.63, 3.8) is 0 Å². The minimum Gasteiger partial charge on any atom is -0.0622 e. The van der Waals surface area contributed by atoms with Crippen LogP contribution in [0.15, 0.2) is 146 Å². The molecule has 11 aliphatic carbocycles.